The van der Waals surface area contributed by atoms with E-state index in [2.05, 4.69) is 44.3 Å². The predicted octanol–water partition coefficient (Wildman–Crippen LogP) is 5.22. The average molecular weight is 249 g/mol. The molecule has 0 aromatic rings. The van der Waals surface area contributed by atoms with Gasteiger partial charge in [0, 0.05) is 5.25 Å². The standard InChI is InChI=1S/C13H28S2/c1-4-9-13(15-6-3)10-7-8-12-14-11-5-2/h13H,4-12H2,1-3H3. The van der Waals surface area contributed by atoms with Crippen LogP contribution in [-0.2, 0) is 0 Å². The molecule has 0 aliphatic rings. The first-order valence-electron chi connectivity index (χ1n) is 6.54. The Balaban J connectivity index is 3.28. The van der Waals surface area contributed by atoms with Gasteiger partial charge in [0.15, 0.2) is 0 Å². The largest absolute Gasteiger partial charge is 0.162 e. The van der Waals surface area contributed by atoms with Crippen LogP contribution in [0.1, 0.15) is 59.3 Å². The molecule has 0 spiro atoms. The van der Waals surface area contributed by atoms with E-state index in [0.29, 0.717) is 0 Å². The van der Waals surface area contributed by atoms with E-state index >= 15 is 0 Å². The average Bonchev–Trinajstić information content (AvgIpc) is 2.24. The fraction of sp³-hybridized carbons (Fsp3) is 1.00. The van der Waals surface area contributed by atoms with Crippen LogP contribution in [0, 0.1) is 0 Å². The van der Waals surface area contributed by atoms with Crippen LogP contribution < -0.4 is 0 Å². The van der Waals surface area contributed by atoms with E-state index in [4.69, 9.17) is 0 Å². The van der Waals surface area contributed by atoms with Gasteiger partial charge in [0.2, 0.25) is 0 Å². The molecule has 2 heteroatoms. The lowest BCUT2D eigenvalue weighted by atomic mass is 10.1. The molecule has 0 amide bonds. The molecule has 0 saturated carbocycles. The van der Waals surface area contributed by atoms with Crippen molar-refractivity contribution < 1.29 is 0 Å². The molecule has 0 aromatic carbocycles. The van der Waals surface area contributed by atoms with E-state index in [-0.39, 0.29) is 0 Å². The van der Waals surface area contributed by atoms with Crippen molar-refractivity contribution in [2.75, 3.05) is 17.3 Å². The Kier molecular flexibility index (Phi) is 13.4. The molecule has 0 nitrogen and oxygen atoms in total. The third-order valence-electron chi connectivity index (χ3n) is 2.43. The molecule has 0 aromatic heterocycles. The van der Waals surface area contributed by atoms with Crippen LogP contribution in [-0.4, -0.2) is 22.5 Å². The lowest BCUT2D eigenvalue weighted by molar-refractivity contribution is 0.641. The highest BCUT2D eigenvalue weighted by molar-refractivity contribution is 7.99. The Morgan fingerprint density at radius 2 is 1.67 bits per heavy atom. The van der Waals surface area contributed by atoms with Gasteiger partial charge in [-0.25, -0.2) is 0 Å². The quantitative estimate of drug-likeness (QED) is 0.460. The first-order chi connectivity index (χ1) is 7.35. The summed E-state index contributed by atoms with van der Waals surface area (Å²) in [6.45, 7) is 6.85. The van der Waals surface area contributed by atoms with Crippen LogP contribution in [0.25, 0.3) is 0 Å². The lowest BCUT2D eigenvalue weighted by Gasteiger charge is -2.14. The smallest absolute Gasteiger partial charge is 0.00468 e. The van der Waals surface area contributed by atoms with Gasteiger partial charge < -0.3 is 0 Å². The second-order valence-electron chi connectivity index (χ2n) is 3.97. The molecule has 0 N–H and O–H groups in total. The summed E-state index contributed by atoms with van der Waals surface area (Å²) < 4.78 is 0. The highest BCUT2D eigenvalue weighted by Gasteiger charge is 2.06. The zero-order valence-corrected chi connectivity index (χ0v) is 12.4. The predicted molar refractivity (Wildman–Crippen MR) is 78.3 cm³/mol. The van der Waals surface area contributed by atoms with Crippen molar-refractivity contribution in [3.8, 4) is 0 Å². The van der Waals surface area contributed by atoms with Crippen molar-refractivity contribution in [2.24, 2.45) is 0 Å². The lowest BCUT2D eigenvalue weighted by Crippen LogP contribution is -2.03. The molecule has 0 rings (SSSR count). The van der Waals surface area contributed by atoms with Crippen LogP contribution >= 0.6 is 23.5 Å². The number of thioether (sulfide) groups is 2. The Hall–Kier alpha value is 0.700. The molecule has 92 valence electrons. The van der Waals surface area contributed by atoms with Gasteiger partial charge in [-0.05, 0) is 42.9 Å². The fourth-order valence-corrected chi connectivity index (χ4v) is 3.80. The third kappa shape index (κ3) is 11.0. The summed E-state index contributed by atoms with van der Waals surface area (Å²) in [5.41, 5.74) is 0. The van der Waals surface area contributed by atoms with Crippen molar-refractivity contribution in [3.63, 3.8) is 0 Å². The van der Waals surface area contributed by atoms with E-state index in [1.807, 2.05) is 0 Å². The summed E-state index contributed by atoms with van der Waals surface area (Å²) in [6.07, 6.45) is 8.40. The minimum Gasteiger partial charge on any atom is -0.162 e. The van der Waals surface area contributed by atoms with Gasteiger partial charge in [-0.3, -0.25) is 0 Å². The summed E-state index contributed by atoms with van der Waals surface area (Å²) >= 11 is 4.29. The topological polar surface area (TPSA) is 0 Å². The molecule has 0 bridgehead atoms. The molecule has 15 heavy (non-hydrogen) atoms. The Morgan fingerprint density at radius 3 is 2.27 bits per heavy atom. The highest BCUT2D eigenvalue weighted by atomic mass is 32.2. The Bertz CT molecular complexity index is 109. The van der Waals surface area contributed by atoms with Gasteiger partial charge in [0.1, 0.15) is 0 Å². The number of hydrogen-bond acceptors (Lipinski definition) is 2. The third-order valence-corrected chi connectivity index (χ3v) is 4.98. The van der Waals surface area contributed by atoms with Crippen LogP contribution in [0.15, 0.2) is 0 Å². The van der Waals surface area contributed by atoms with Crippen molar-refractivity contribution >= 4 is 23.5 Å². The number of hydrogen-bond donors (Lipinski definition) is 0. The van der Waals surface area contributed by atoms with E-state index < -0.39 is 0 Å². The Morgan fingerprint density at radius 1 is 0.867 bits per heavy atom. The summed E-state index contributed by atoms with van der Waals surface area (Å²) in [5, 5.41) is 0.941. The zero-order valence-electron chi connectivity index (χ0n) is 10.8. The normalized spacial score (nSPS) is 13.0. The van der Waals surface area contributed by atoms with Crippen molar-refractivity contribution in [1.82, 2.24) is 0 Å². The maximum absolute atomic E-state index is 2.31. The maximum atomic E-state index is 2.31. The van der Waals surface area contributed by atoms with Gasteiger partial charge in [0.25, 0.3) is 0 Å². The summed E-state index contributed by atoms with van der Waals surface area (Å²) in [5.74, 6) is 4.01. The van der Waals surface area contributed by atoms with E-state index in [0.717, 1.165) is 5.25 Å². The van der Waals surface area contributed by atoms with Crippen LogP contribution in [0.5, 0.6) is 0 Å². The SMILES string of the molecule is CCCSCCCCC(CCC)SCC. The number of unbranched alkanes of at least 4 members (excludes halogenated alkanes) is 1. The minimum atomic E-state index is 0.941. The van der Waals surface area contributed by atoms with Crippen LogP contribution in [0.4, 0.5) is 0 Å². The van der Waals surface area contributed by atoms with Crippen LogP contribution in [0.3, 0.4) is 0 Å². The summed E-state index contributed by atoms with van der Waals surface area (Å²) in [7, 11) is 0. The highest BCUT2D eigenvalue weighted by Crippen LogP contribution is 2.22. The van der Waals surface area contributed by atoms with Crippen molar-refractivity contribution in [3.05, 3.63) is 0 Å². The van der Waals surface area contributed by atoms with Gasteiger partial charge >= 0.3 is 0 Å². The molecular weight excluding hydrogens is 220 g/mol. The number of rotatable bonds is 11. The van der Waals surface area contributed by atoms with Gasteiger partial charge in [-0.1, -0.05) is 33.6 Å². The molecule has 0 heterocycles. The fourth-order valence-electron chi connectivity index (χ4n) is 1.69. The van der Waals surface area contributed by atoms with Crippen LogP contribution in [0.2, 0.25) is 0 Å². The second-order valence-corrected chi connectivity index (χ2v) is 6.78. The molecular formula is C13H28S2. The molecule has 0 saturated heterocycles. The monoisotopic (exact) mass is 248 g/mol. The zero-order chi connectivity index (χ0) is 11.4. The molecule has 0 aliphatic heterocycles. The first kappa shape index (κ1) is 15.7. The minimum absolute atomic E-state index is 0.941. The van der Waals surface area contributed by atoms with Crippen molar-refractivity contribution in [1.29, 1.82) is 0 Å². The van der Waals surface area contributed by atoms with Crippen molar-refractivity contribution in [2.45, 2.75) is 64.5 Å². The van der Waals surface area contributed by atoms with Gasteiger partial charge in [-0.15, -0.1) is 0 Å². The molecule has 0 radical (unpaired) electrons. The van der Waals surface area contributed by atoms with E-state index in [1.165, 1.54) is 55.8 Å². The Labute approximate surface area is 105 Å². The molecule has 0 fully saturated rings. The van der Waals surface area contributed by atoms with E-state index in [1.54, 1.807) is 0 Å². The molecule has 1 atom stereocenters. The molecule has 0 aliphatic carbocycles. The summed E-state index contributed by atoms with van der Waals surface area (Å²) in [4.78, 5) is 0. The second kappa shape index (κ2) is 12.8. The first-order valence-corrected chi connectivity index (χ1v) is 8.74. The maximum Gasteiger partial charge on any atom is 0.00468 e. The van der Waals surface area contributed by atoms with Gasteiger partial charge in [-0.2, -0.15) is 23.5 Å². The summed E-state index contributed by atoms with van der Waals surface area (Å²) in [6, 6.07) is 0. The van der Waals surface area contributed by atoms with Gasteiger partial charge in [0.05, 0.1) is 0 Å². The van der Waals surface area contributed by atoms with E-state index in [9.17, 15) is 0 Å². The molecule has 1 unspecified atom stereocenters.